The van der Waals surface area contributed by atoms with Crippen molar-refractivity contribution in [2.75, 3.05) is 0 Å². The van der Waals surface area contributed by atoms with Crippen molar-refractivity contribution in [3.8, 4) is 27.7 Å². The van der Waals surface area contributed by atoms with Gasteiger partial charge in [0, 0.05) is 22.1 Å². The molecule has 5 rings (SSSR count). The lowest BCUT2D eigenvalue weighted by molar-refractivity contribution is -0.0371. The maximum atomic E-state index is 12.3. The molecule has 0 saturated heterocycles. The van der Waals surface area contributed by atoms with Crippen LogP contribution in [0.3, 0.4) is 0 Å². The van der Waals surface area contributed by atoms with Crippen LogP contribution in [-0.2, 0) is 4.74 Å². The fraction of sp³-hybridized carbons (Fsp3) is 0.100. The highest BCUT2D eigenvalue weighted by atomic mass is 32.1. The second-order valence-electron chi connectivity index (χ2n) is 8.50. The van der Waals surface area contributed by atoms with Crippen LogP contribution in [0.1, 0.15) is 34.5 Å². The number of phenols is 2. The summed E-state index contributed by atoms with van der Waals surface area (Å²) in [4.78, 5) is 13.1. The molecule has 7 heteroatoms. The number of carbonyl (C=O) groups excluding carboxylic acids is 1. The van der Waals surface area contributed by atoms with E-state index in [9.17, 15) is 20.1 Å². The van der Waals surface area contributed by atoms with Crippen molar-refractivity contribution in [3.63, 3.8) is 0 Å². The Morgan fingerprint density at radius 3 is 2.22 bits per heavy atom. The number of carbonyl (C=O) groups is 1. The van der Waals surface area contributed by atoms with E-state index in [0.29, 0.717) is 22.4 Å². The first-order valence-corrected chi connectivity index (χ1v) is 12.5. The molecule has 0 amide bonds. The van der Waals surface area contributed by atoms with Gasteiger partial charge in [0.15, 0.2) is 0 Å². The van der Waals surface area contributed by atoms with E-state index in [1.807, 2.05) is 6.07 Å². The zero-order valence-electron chi connectivity index (χ0n) is 19.9. The van der Waals surface area contributed by atoms with Crippen LogP contribution in [0.15, 0.2) is 97.1 Å². The maximum Gasteiger partial charge on any atom is 0.341 e. The number of thiophene rings is 1. The molecule has 0 fully saturated rings. The summed E-state index contributed by atoms with van der Waals surface area (Å²) in [5, 5.41) is 32.0. The molecule has 4 aromatic carbocycles. The van der Waals surface area contributed by atoms with Crippen molar-refractivity contribution >= 4 is 27.4 Å². The summed E-state index contributed by atoms with van der Waals surface area (Å²) in [7, 11) is 0. The summed E-state index contributed by atoms with van der Waals surface area (Å²) >= 11 is 1.46. The molecule has 0 saturated carbocycles. The van der Waals surface area contributed by atoms with Crippen molar-refractivity contribution in [2.45, 2.75) is 19.3 Å². The highest BCUT2D eigenvalue weighted by Crippen LogP contribution is 2.45. The van der Waals surface area contributed by atoms with E-state index in [1.54, 1.807) is 97.9 Å². The summed E-state index contributed by atoms with van der Waals surface area (Å²) in [6, 6.07) is 27.5. The van der Waals surface area contributed by atoms with Crippen molar-refractivity contribution < 1.29 is 29.6 Å². The van der Waals surface area contributed by atoms with Crippen LogP contribution in [0.25, 0.3) is 20.5 Å². The first-order valence-electron chi connectivity index (χ1n) is 11.6. The van der Waals surface area contributed by atoms with Gasteiger partial charge in [0.1, 0.15) is 23.4 Å². The highest BCUT2D eigenvalue weighted by molar-refractivity contribution is 7.22. The zero-order valence-corrected chi connectivity index (χ0v) is 20.7. The number of esters is 1. The predicted octanol–water partition coefficient (Wildman–Crippen LogP) is 6.64. The lowest BCUT2D eigenvalue weighted by Gasteiger charge is -2.17. The van der Waals surface area contributed by atoms with E-state index in [-0.39, 0.29) is 11.5 Å². The fourth-order valence-corrected chi connectivity index (χ4v) is 5.38. The van der Waals surface area contributed by atoms with Gasteiger partial charge in [-0.05, 0) is 83.2 Å². The topological polar surface area (TPSA) is 96.2 Å². The van der Waals surface area contributed by atoms with Crippen LogP contribution in [-0.4, -0.2) is 27.6 Å². The monoisotopic (exact) mass is 512 g/mol. The number of aliphatic hydroxyl groups excluding tert-OH is 1. The second kappa shape index (κ2) is 10.3. The molecule has 186 valence electrons. The third-order valence-corrected chi connectivity index (χ3v) is 7.11. The largest absolute Gasteiger partial charge is 0.508 e. The van der Waals surface area contributed by atoms with Crippen molar-refractivity contribution in [3.05, 3.63) is 114 Å². The predicted molar refractivity (Wildman–Crippen MR) is 143 cm³/mol. The van der Waals surface area contributed by atoms with Gasteiger partial charge in [0.05, 0.1) is 5.56 Å². The second-order valence-corrected chi connectivity index (χ2v) is 9.55. The fourth-order valence-electron chi connectivity index (χ4n) is 4.11. The standard InChI is InChI=1S/C30H24O6S/c1-18(36-30(34)21-5-3-2-4-6-21)35-24-14-9-19(10-15-24)28(33)27-25-16-13-23(32)17-26(25)37-29(27)20-7-11-22(31)12-8-20/h2-18,28,31-33H,1H3. The average Bonchev–Trinajstić information content (AvgIpc) is 3.28. The van der Waals surface area contributed by atoms with Gasteiger partial charge in [0.25, 0.3) is 0 Å². The van der Waals surface area contributed by atoms with Gasteiger partial charge in [-0.15, -0.1) is 11.3 Å². The van der Waals surface area contributed by atoms with Gasteiger partial charge in [-0.1, -0.05) is 30.3 Å². The van der Waals surface area contributed by atoms with Gasteiger partial charge in [-0.25, -0.2) is 4.79 Å². The molecule has 2 unspecified atom stereocenters. The average molecular weight is 513 g/mol. The Kier molecular flexibility index (Phi) is 6.81. The van der Waals surface area contributed by atoms with E-state index < -0.39 is 18.4 Å². The van der Waals surface area contributed by atoms with E-state index in [4.69, 9.17) is 9.47 Å². The maximum absolute atomic E-state index is 12.3. The summed E-state index contributed by atoms with van der Waals surface area (Å²) in [6.07, 6.45) is -1.76. The SMILES string of the molecule is CC(OC(=O)c1ccccc1)Oc1ccc(C(O)c2c(-c3ccc(O)cc3)sc3cc(O)ccc23)cc1. The van der Waals surface area contributed by atoms with Gasteiger partial charge in [-0.3, -0.25) is 0 Å². The molecule has 0 aliphatic rings. The molecule has 37 heavy (non-hydrogen) atoms. The third kappa shape index (κ3) is 5.28. The number of hydrogen-bond acceptors (Lipinski definition) is 7. The Labute approximate surface area is 217 Å². The van der Waals surface area contributed by atoms with E-state index in [1.165, 1.54) is 11.3 Å². The minimum absolute atomic E-state index is 0.149. The van der Waals surface area contributed by atoms with Gasteiger partial charge in [0.2, 0.25) is 6.29 Å². The summed E-state index contributed by atoms with van der Waals surface area (Å²) in [5.74, 6) is 0.319. The number of benzene rings is 4. The molecule has 6 nitrogen and oxygen atoms in total. The molecule has 3 N–H and O–H groups in total. The van der Waals surface area contributed by atoms with E-state index in [2.05, 4.69) is 0 Å². The first kappa shape index (κ1) is 24.4. The molecular formula is C30H24O6S. The summed E-state index contributed by atoms with van der Waals surface area (Å²) < 4.78 is 11.9. The summed E-state index contributed by atoms with van der Waals surface area (Å²) in [6.45, 7) is 1.64. The number of hydrogen-bond donors (Lipinski definition) is 3. The number of fused-ring (bicyclic) bond motifs is 1. The molecule has 5 aromatic rings. The zero-order chi connectivity index (χ0) is 25.9. The lowest BCUT2D eigenvalue weighted by Crippen LogP contribution is -2.20. The molecule has 1 heterocycles. The van der Waals surface area contributed by atoms with E-state index >= 15 is 0 Å². The van der Waals surface area contributed by atoms with Gasteiger partial charge in [-0.2, -0.15) is 0 Å². The number of aliphatic hydroxyl groups is 1. The Hall–Kier alpha value is -4.33. The number of aromatic hydroxyl groups is 2. The van der Waals surface area contributed by atoms with Crippen LogP contribution < -0.4 is 4.74 Å². The first-order chi connectivity index (χ1) is 17.9. The lowest BCUT2D eigenvalue weighted by atomic mass is 9.96. The molecule has 0 aliphatic heterocycles. The Balaban J connectivity index is 1.38. The molecule has 0 spiro atoms. The Morgan fingerprint density at radius 1 is 0.838 bits per heavy atom. The number of phenolic OH excluding ortho intramolecular Hbond substituents is 2. The van der Waals surface area contributed by atoms with Crippen LogP contribution >= 0.6 is 11.3 Å². The Morgan fingerprint density at radius 2 is 1.51 bits per heavy atom. The van der Waals surface area contributed by atoms with Gasteiger partial charge >= 0.3 is 5.97 Å². The summed E-state index contributed by atoms with van der Waals surface area (Å²) in [5.41, 5.74) is 2.65. The van der Waals surface area contributed by atoms with Crippen LogP contribution in [0.5, 0.6) is 17.2 Å². The quantitative estimate of drug-likeness (QED) is 0.167. The molecule has 0 bridgehead atoms. The Bertz CT molecular complexity index is 1520. The van der Waals surface area contributed by atoms with Crippen molar-refractivity contribution in [1.29, 1.82) is 0 Å². The highest BCUT2D eigenvalue weighted by Gasteiger charge is 2.23. The van der Waals surface area contributed by atoms with Crippen LogP contribution in [0.2, 0.25) is 0 Å². The minimum atomic E-state index is -0.954. The number of ether oxygens (including phenoxy) is 2. The molecule has 0 radical (unpaired) electrons. The minimum Gasteiger partial charge on any atom is -0.508 e. The van der Waals surface area contributed by atoms with Crippen molar-refractivity contribution in [1.82, 2.24) is 0 Å². The normalized spacial score (nSPS) is 12.7. The number of rotatable bonds is 7. The van der Waals surface area contributed by atoms with E-state index in [0.717, 1.165) is 20.5 Å². The molecule has 1 aromatic heterocycles. The molecule has 2 atom stereocenters. The molecule has 0 aliphatic carbocycles. The molecular weight excluding hydrogens is 488 g/mol. The third-order valence-electron chi connectivity index (χ3n) is 5.90. The smallest absolute Gasteiger partial charge is 0.341 e. The van der Waals surface area contributed by atoms with Crippen LogP contribution in [0.4, 0.5) is 0 Å². The van der Waals surface area contributed by atoms with Crippen molar-refractivity contribution in [2.24, 2.45) is 0 Å². The van der Waals surface area contributed by atoms with Gasteiger partial charge < -0.3 is 24.8 Å². The van der Waals surface area contributed by atoms with Crippen LogP contribution in [0, 0.1) is 0 Å².